The van der Waals surface area contributed by atoms with E-state index in [1.165, 1.54) is 23.4 Å². The number of alkyl halides is 2. The number of fused-ring (bicyclic) bond motifs is 1. The van der Waals surface area contributed by atoms with Gasteiger partial charge >= 0.3 is 6.09 Å². The first-order valence-electron chi connectivity index (χ1n) is 13.6. The molecule has 0 spiro atoms. The number of H-pyrrole nitrogens is 1. The summed E-state index contributed by atoms with van der Waals surface area (Å²) in [6, 6.07) is 3.95. The third-order valence-corrected chi connectivity index (χ3v) is 7.97. The standard InChI is InChI=1S/C29H35F2N5O4/c1-15-9-19(12-36(15)28(38)39)35-27(37)29(3,4)11-21-16(2)34-25-23(32-14-33-24(21)25)20-10-18(26(30)31)7-8-22(20)40-13-17-5-6-17/h7-8,10,14-15,17,19,26,34H,5-6,9,11-13H2,1-4H3,(H,35,37)(H,38,39)/t15-,19-/m0/s1. The molecule has 3 N–H and O–H groups in total. The van der Waals surface area contributed by atoms with Gasteiger partial charge in [-0.2, -0.15) is 0 Å². The van der Waals surface area contributed by atoms with Gasteiger partial charge in [0.25, 0.3) is 6.43 Å². The highest BCUT2D eigenvalue weighted by Crippen LogP contribution is 2.39. The summed E-state index contributed by atoms with van der Waals surface area (Å²) < 4.78 is 33.3. The van der Waals surface area contributed by atoms with Crippen LogP contribution in [-0.4, -0.2) is 62.2 Å². The summed E-state index contributed by atoms with van der Waals surface area (Å²) in [5, 5.41) is 12.4. The van der Waals surface area contributed by atoms with Gasteiger partial charge < -0.3 is 25.0 Å². The SMILES string of the molecule is Cc1[nH]c2c(-c3cc(C(F)F)ccc3OCC3CC3)ncnc2c1CC(C)(C)C(=O)N[C@H]1C[C@H](C)N(C(=O)O)C1. The van der Waals surface area contributed by atoms with Gasteiger partial charge in [-0.15, -0.1) is 0 Å². The summed E-state index contributed by atoms with van der Waals surface area (Å²) in [6.07, 6.45) is 0.882. The Hall–Kier alpha value is -3.76. The zero-order chi connectivity index (χ0) is 28.8. The van der Waals surface area contributed by atoms with E-state index in [0.717, 1.165) is 24.1 Å². The molecule has 3 heterocycles. The van der Waals surface area contributed by atoms with Gasteiger partial charge in [0.2, 0.25) is 5.91 Å². The molecule has 2 aromatic heterocycles. The molecule has 1 aliphatic carbocycles. The van der Waals surface area contributed by atoms with Crippen LogP contribution in [0.1, 0.15) is 63.3 Å². The molecule has 0 radical (unpaired) electrons. The number of nitrogens with one attached hydrogen (secondary N) is 2. The number of likely N-dealkylation sites (tertiary alicyclic amines) is 1. The zero-order valence-electron chi connectivity index (χ0n) is 23.1. The minimum Gasteiger partial charge on any atom is -0.493 e. The van der Waals surface area contributed by atoms with Gasteiger partial charge in [-0.05, 0) is 63.6 Å². The van der Waals surface area contributed by atoms with Crippen LogP contribution < -0.4 is 10.1 Å². The largest absolute Gasteiger partial charge is 0.493 e. The first-order chi connectivity index (χ1) is 18.9. The highest BCUT2D eigenvalue weighted by atomic mass is 19.3. The Bertz CT molecular complexity index is 1440. The summed E-state index contributed by atoms with van der Waals surface area (Å²) in [7, 11) is 0. The Morgan fingerprint density at radius 2 is 2.02 bits per heavy atom. The number of hydrogen-bond donors (Lipinski definition) is 3. The van der Waals surface area contributed by atoms with Crippen molar-refractivity contribution in [1.29, 1.82) is 0 Å². The number of amides is 2. The predicted octanol–water partition coefficient (Wildman–Crippen LogP) is 5.49. The maximum Gasteiger partial charge on any atom is 0.407 e. The predicted molar refractivity (Wildman–Crippen MR) is 145 cm³/mol. The maximum absolute atomic E-state index is 13.6. The van der Waals surface area contributed by atoms with Crippen LogP contribution in [-0.2, 0) is 11.2 Å². The van der Waals surface area contributed by atoms with E-state index in [1.807, 2.05) is 27.7 Å². The van der Waals surface area contributed by atoms with E-state index in [2.05, 4.69) is 20.3 Å². The molecule has 214 valence electrons. The third-order valence-electron chi connectivity index (χ3n) is 7.97. The van der Waals surface area contributed by atoms with E-state index >= 15 is 0 Å². The van der Waals surface area contributed by atoms with E-state index < -0.39 is 17.9 Å². The molecular weight excluding hydrogens is 520 g/mol. The van der Waals surface area contributed by atoms with Crippen molar-refractivity contribution in [2.75, 3.05) is 13.2 Å². The Balaban J connectivity index is 1.43. The fraction of sp³-hybridized carbons (Fsp3) is 0.517. The lowest BCUT2D eigenvalue weighted by Crippen LogP contribution is -2.45. The van der Waals surface area contributed by atoms with Crippen molar-refractivity contribution in [2.45, 2.75) is 71.9 Å². The van der Waals surface area contributed by atoms with Crippen LogP contribution in [0.15, 0.2) is 24.5 Å². The number of halogens is 2. The van der Waals surface area contributed by atoms with Crippen LogP contribution in [0.3, 0.4) is 0 Å². The molecule has 1 saturated carbocycles. The van der Waals surface area contributed by atoms with Crippen molar-refractivity contribution in [3.05, 3.63) is 41.3 Å². The first kappa shape index (κ1) is 27.8. The number of carbonyl (C=O) groups excluding carboxylic acids is 1. The smallest absolute Gasteiger partial charge is 0.407 e. The van der Waals surface area contributed by atoms with Crippen LogP contribution in [0.4, 0.5) is 13.6 Å². The van der Waals surface area contributed by atoms with Gasteiger partial charge in [0.05, 0.1) is 17.6 Å². The van der Waals surface area contributed by atoms with Gasteiger partial charge in [-0.1, -0.05) is 13.8 Å². The molecule has 2 aliphatic rings. The number of aromatic amines is 1. The topological polar surface area (TPSA) is 120 Å². The minimum atomic E-state index is -2.64. The summed E-state index contributed by atoms with van der Waals surface area (Å²) in [5.74, 6) is 0.798. The summed E-state index contributed by atoms with van der Waals surface area (Å²) in [6.45, 7) is 8.18. The molecule has 3 aromatic rings. The summed E-state index contributed by atoms with van der Waals surface area (Å²) in [4.78, 5) is 38.4. The number of carbonyl (C=O) groups is 2. The number of carboxylic acid groups (broad SMARTS) is 1. The normalized spacial score (nSPS) is 19.4. The van der Waals surface area contributed by atoms with Crippen LogP contribution >= 0.6 is 0 Å². The van der Waals surface area contributed by atoms with E-state index in [-0.39, 0.29) is 30.1 Å². The number of benzene rings is 1. The molecule has 9 nitrogen and oxygen atoms in total. The second-order valence-corrected chi connectivity index (χ2v) is 11.7. The Labute approximate surface area is 231 Å². The van der Waals surface area contributed by atoms with Crippen molar-refractivity contribution in [1.82, 2.24) is 25.2 Å². The van der Waals surface area contributed by atoms with E-state index in [4.69, 9.17) is 4.74 Å². The maximum atomic E-state index is 13.6. The highest BCUT2D eigenvalue weighted by Gasteiger charge is 2.37. The zero-order valence-corrected chi connectivity index (χ0v) is 23.1. The quantitative estimate of drug-likeness (QED) is 0.321. The Morgan fingerprint density at radius 1 is 1.27 bits per heavy atom. The van der Waals surface area contributed by atoms with Crippen LogP contribution in [0.25, 0.3) is 22.3 Å². The van der Waals surface area contributed by atoms with E-state index in [9.17, 15) is 23.5 Å². The molecule has 40 heavy (non-hydrogen) atoms. The van der Waals surface area contributed by atoms with E-state index in [0.29, 0.717) is 53.4 Å². The van der Waals surface area contributed by atoms with Gasteiger partial charge in [0, 0.05) is 46.4 Å². The molecular formula is C29H35F2N5O4. The van der Waals surface area contributed by atoms with Crippen LogP contribution in [0.5, 0.6) is 5.75 Å². The second-order valence-electron chi connectivity index (χ2n) is 11.7. The average Bonchev–Trinajstić information content (AvgIpc) is 3.58. The molecule has 2 fully saturated rings. The summed E-state index contributed by atoms with van der Waals surface area (Å²) >= 11 is 0. The van der Waals surface area contributed by atoms with Gasteiger partial charge in [0.1, 0.15) is 17.8 Å². The third kappa shape index (κ3) is 5.59. The van der Waals surface area contributed by atoms with Crippen molar-refractivity contribution < 1.29 is 28.2 Å². The Morgan fingerprint density at radius 3 is 2.67 bits per heavy atom. The van der Waals surface area contributed by atoms with Crippen LogP contribution in [0, 0.1) is 18.3 Å². The average molecular weight is 556 g/mol. The number of rotatable bonds is 9. The molecule has 2 amide bonds. The summed E-state index contributed by atoms with van der Waals surface area (Å²) in [5.41, 5.74) is 2.81. The minimum absolute atomic E-state index is 0.121. The van der Waals surface area contributed by atoms with E-state index in [1.54, 1.807) is 6.07 Å². The lowest BCUT2D eigenvalue weighted by molar-refractivity contribution is -0.130. The molecule has 1 aromatic carbocycles. The number of aromatic nitrogens is 3. The van der Waals surface area contributed by atoms with Crippen LogP contribution in [0.2, 0.25) is 0 Å². The highest BCUT2D eigenvalue weighted by molar-refractivity contribution is 5.94. The lowest BCUT2D eigenvalue weighted by Gasteiger charge is -2.26. The number of ether oxygens (including phenoxy) is 1. The van der Waals surface area contributed by atoms with Crippen molar-refractivity contribution in [3.8, 4) is 17.0 Å². The monoisotopic (exact) mass is 555 g/mol. The molecule has 1 saturated heterocycles. The molecule has 0 bridgehead atoms. The fourth-order valence-electron chi connectivity index (χ4n) is 5.39. The van der Waals surface area contributed by atoms with Crippen molar-refractivity contribution in [3.63, 3.8) is 0 Å². The molecule has 2 atom stereocenters. The Kier molecular flexibility index (Phi) is 7.41. The number of aryl methyl sites for hydroxylation is 1. The first-order valence-corrected chi connectivity index (χ1v) is 13.6. The van der Waals surface area contributed by atoms with Gasteiger partial charge in [-0.3, -0.25) is 4.79 Å². The lowest BCUT2D eigenvalue weighted by atomic mass is 9.84. The van der Waals surface area contributed by atoms with Crippen molar-refractivity contribution >= 4 is 23.0 Å². The molecule has 0 unspecified atom stereocenters. The molecule has 5 rings (SSSR count). The number of hydrogen-bond acceptors (Lipinski definition) is 5. The van der Waals surface area contributed by atoms with Gasteiger partial charge in [0.15, 0.2) is 0 Å². The van der Waals surface area contributed by atoms with Gasteiger partial charge in [-0.25, -0.2) is 23.5 Å². The molecule has 1 aliphatic heterocycles. The van der Waals surface area contributed by atoms with Crippen molar-refractivity contribution in [2.24, 2.45) is 11.3 Å². The second kappa shape index (κ2) is 10.7. The fourth-order valence-corrected chi connectivity index (χ4v) is 5.39. The number of nitrogens with zero attached hydrogens (tertiary/aromatic N) is 3. The molecule has 11 heteroatoms.